The molecule has 20 heavy (non-hydrogen) atoms. The number of nitrogens with two attached hydrogens (primary N) is 2. The van der Waals surface area contributed by atoms with Crippen LogP contribution in [0.25, 0.3) is 0 Å². The first-order valence-corrected chi connectivity index (χ1v) is 6.42. The number of carbonyl (C=O) groups is 1. The highest BCUT2D eigenvalue weighted by Crippen LogP contribution is 2.33. The molecule has 2 aromatic rings. The molecule has 0 heterocycles. The minimum Gasteiger partial charge on any atom is -0.495 e. The number of halogens is 2. The monoisotopic (exact) mass is 310 g/mol. The summed E-state index contributed by atoms with van der Waals surface area (Å²) in [6.07, 6.45) is 0. The van der Waals surface area contributed by atoms with E-state index in [1.807, 2.05) is 0 Å². The molecule has 0 fully saturated rings. The summed E-state index contributed by atoms with van der Waals surface area (Å²) in [5.74, 6) is 0.0792. The van der Waals surface area contributed by atoms with Crippen molar-refractivity contribution in [3.63, 3.8) is 0 Å². The Bertz CT molecular complexity index is 687. The van der Waals surface area contributed by atoms with Crippen molar-refractivity contribution in [2.45, 2.75) is 0 Å². The lowest BCUT2D eigenvalue weighted by Crippen LogP contribution is -2.07. The van der Waals surface area contributed by atoms with Crippen LogP contribution in [0.15, 0.2) is 30.3 Å². The minimum atomic E-state index is -0.322. The minimum absolute atomic E-state index is 0.243. The van der Waals surface area contributed by atoms with E-state index in [1.165, 1.54) is 25.3 Å². The molecule has 2 aromatic carbocycles. The van der Waals surface area contributed by atoms with Crippen LogP contribution in [-0.4, -0.2) is 12.9 Å². The van der Waals surface area contributed by atoms with Crippen molar-refractivity contribution in [3.8, 4) is 5.75 Å². The van der Waals surface area contributed by atoms with E-state index in [9.17, 15) is 4.79 Å². The Balaban J connectivity index is 2.51. The highest BCUT2D eigenvalue weighted by molar-refractivity contribution is 6.37. The van der Waals surface area contributed by atoms with Crippen molar-refractivity contribution in [1.29, 1.82) is 0 Å². The molecule has 4 N–H and O–H groups in total. The van der Waals surface area contributed by atoms with Gasteiger partial charge in [-0.05, 0) is 24.3 Å². The number of methoxy groups -OCH3 is 1. The van der Waals surface area contributed by atoms with Crippen LogP contribution in [0.4, 0.5) is 11.4 Å². The summed E-state index contributed by atoms with van der Waals surface area (Å²) in [7, 11) is 1.47. The van der Waals surface area contributed by atoms with Gasteiger partial charge in [0.15, 0.2) is 5.78 Å². The summed E-state index contributed by atoms with van der Waals surface area (Å²) in [5.41, 5.74) is 12.8. The lowest BCUT2D eigenvalue weighted by molar-refractivity contribution is 0.103. The molecule has 6 heteroatoms. The second-order valence-electron chi connectivity index (χ2n) is 4.14. The average molecular weight is 311 g/mol. The summed E-state index contributed by atoms with van der Waals surface area (Å²) in [6, 6.07) is 7.63. The molecule has 0 aliphatic rings. The SMILES string of the molecule is COc1cc(Cl)c(C(=O)c2ccc(N)cc2N)cc1Cl. The molecule has 0 spiro atoms. The zero-order valence-corrected chi connectivity index (χ0v) is 12.1. The summed E-state index contributed by atoms with van der Waals surface area (Å²) in [6.45, 7) is 0. The Hall–Kier alpha value is -1.91. The third-order valence-corrected chi connectivity index (χ3v) is 3.41. The van der Waals surface area contributed by atoms with Gasteiger partial charge in [-0.2, -0.15) is 0 Å². The molecular formula is C14H12Cl2N2O2. The van der Waals surface area contributed by atoms with Crippen LogP contribution in [-0.2, 0) is 0 Å². The second-order valence-corrected chi connectivity index (χ2v) is 4.96. The molecule has 0 amide bonds. The summed E-state index contributed by atoms with van der Waals surface area (Å²) in [5, 5.41) is 0.543. The molecule has 0 radical (unpaired) electrons. The quantitative estimate of drug-likeness (QED) is 0.672. The van der Waals surface area contributed by atoms with Gasteiger partial charge in [0, 0.05) is 28.6 Å². The average Bonchev–Trinajstić information content (AvgIpc) is 2.40. The standard InChI is InChI=1S/C14H12Cl2N2O2/c1-20-13-6-10(15)9(5-11(13)16)14(19)8-3-2-7(17)4-12(8)18/h2-6H,17-18H2,1H3. The van der Waals surface area contributed by atoms with Crippen LogP contribution in [0.5, 0.6) is 5.75 Å². The fourth-order valence-electron chi connectivity index (χ4n) is 1.79. The number of hydrogen-bond donors (Lipinski definition) is 2. The lowest BCUT2D eigenvalue weighted by atomic mass is 10.0. The van der Waals surface area contributed by atoms with Crippen LogP contribution >= 0.6 is 23.2 Å². The number of ketones is 1. The molecule has 0 bridgehead atoms. The predicted octanol–water partition coefficient (Wildman–Crippen LogP) is 3.40. The number of rotatable bonds is 3. The summed E-state index contributed by atoms with van der Waals surface area (Å²) < 4.78 is 5.04. The number of benzene rings is 2. The van der Waals surface area contributed by atoms with E-state index in [0.717, 1.165) is 0 Å². The van der Waals surface area contributed by atoms with Crippen LogP contribution in [0, 0.1) is 0 Å². The van der Waals surface area contributed by atoms with Crippen molar-refractivity contribution in [3.05, 3.63) is 51.5 Å². The summed E-state index contributed by atoms with van der Waals surface area (Å²) in [4.78, 5) is 12.4. The Labute approximate surface area is 126 Å². The van der Waals surface area contributed by atoms with Crippen molar-refractivity contribution in [2.24, 2.45) is 0 Å². The topological polar surface area (TPSA) is 78.3 Å². The normalized spacial score (nSPS) is 10.3. The predicted molar refractivity (Wildman–Crippen MR) is 81.7 cm³/mol. The molecule has 0 saturated heterocycles. The molecule has 0 aliphatic heterocycles. The summed E-state index contributed by atoms with van der Waals surface area (Å²) >= 11 is 12.1. The van der Waals surface area contributed by atoms with Crippen molar-refractivity contribution in [1.82, 2.24) is 0 Å². The molecule has 2 rings (SSSR count). The van der Waals surface area contributed by atoms with Crippen LogP contribution in [0.1, 0.15) is 15.9 Å². The van der Waals surface area contributed by atoms with Gasteiger partial charge >= 0.3 is 0 Å². The van der Waals surface area contributed by atoms with Gasteiger partial charge in [0.1, 0.15) is 5.75 Å². The van der Waals surface area contributed by atoms with Crippen molar-refractivity contribution < 1.29 is 9.53 Å². The number of nitrogen functional groups attached to an aromatic ring is 2. The third-order valence-electron chi connectivity index (χ3n) is 2.81. The zero-order valence-electron chi connectivity index (χ0n) is 10.6. The maximum Gasteiger partial charge on any atom is 0.196 e. The van der Waals surface area contributed by atoms with Crippen LogP contribution in [0.3, 0.4) is 0 Å². The van der Waals surface area contributed by atoms with Gasteiger partial charge in [-0.3, -0.25) is 4.79 Å². The molecule has 0 atom stereocenters. The number of carbonyl (C=O) groups excluding carboxylic acids is 1. The first kappa shape index (κ1) is 14.5. The molecular weight excluding hydrogens is 299 g/mol. The Morgan fingerprint density at radius 1 is 1.05 bits per heavy atom. The largest absolute Gasteiger partial charge is 0.495 e. The molecule has 4 nitrogen and oxygen atoms in total. The Kier molecular flexibility index (Phi) is 4.06. The number of ether oxygens (including phenoxy) is 1. The van der Waals surface area contributed by atoms with E-state index in [0.29, 0.717) is 22.0 Å². The van der Waals surface area contributed by atoms with E-state index >= 15 is 0 Å². The van der Waals surface area contributed by atoms with Crippen molar-refractivity contribution in [2.75, 3.05) is 18.6 Å². The fraction of sp³-hybridized carbons (Fsp3) is 0.0714. The first-order chi connectivity index (χ1) is 9.43. The zero-order chi connectivity index (χ0) is 14.9. The van der Waals surface area contributed by atoms with E-state index in [2.05, 4.69) is 0 Å². The highest BCUT2D eigenvalue weighted by Gasteiger charge is 2.18. The Morgan fingerprint density at radius 2 is 1.75 bits per heavy atom. The molecule has 0 aromatic heterocycles. The van der Waals surface area contributed by atoms with Gasteiger partial charge < -0.3 is 16.2 Å². The van der Waals surface area contributed by atoms with Gasteiger partial charge in [0.05, 0.1) is 17.2 Å². The fourth-order valence-corrected chi connectivity index (χ4v) is 2.27. The van der Waals surface area contributed by atoms with E-state index < -0.39 is 0 Å². The smallest absolute Gasteiger partial charge is 0.196 e. The van der Waals surface area contributed by atoms with Gasteiger partial charge in [-0.25, -0.2) is 0 Å². The van der Waals surface area contributed by atoms with Gasteiger partial charge in [0.25, 0.3) is 0 Å². The van der Waals surface area contributed by atoms with Gasteiger partial charge in [-0.15, -0.1) is 0 Å². The number of hydrogen-bond acceptors (Lipinski definition) is 4. The maximum absolute atomic E-state index is 12.4. The number of anilines is 2. The molecule has 104 valence electrons. The van der Waals surface area contributed by atoms with Gasteiger partial charge in [-0.1, -0.05) is 23.2 Å². The molecule has 0 saturated carbocycles. The Morgan fingerprint density at radius 3 is 2.35 bits per heavy atom. The maximum atomic E-state index is 12.4. The third kappa shape index (κ3) is 2.66. The first-order valence-electron chi connectivity index (χ1n) is 5.66. The lowest BCUT2D eigenvalue weighted by Gasteiger charge is -2.10. The molecule has 0 aliphatic carbocycles. The van der Waals surface area contributed by atoms with Crippen molar-refractivity contribution >= 4 is 40.4 Å². The van der Waals surface area contributed by atoms with Crippen LogP contribution in [0.2, 0.25) is 10.0 Å². The van der Waals surface area contributed by atoms with E-state index in [-0.39, 0.29) is 22.1 Å². The van der Waals surface area contributed by atoms with E-state index in [1.54, 1.807) is 12.1 Å². The molecule has 0 unspecified atom stereocenters. The highest BCUT2D eigenvalue weighted by atomic mass is 35.5. The van der Waals surface area contributed by atoms with E-state index in [4.69, 9.17) is 39.4 Å². The van der Waals surface area contributed by atoms with Crippen LogP contribution < -0.4 is 16.2 Å². The van der Waals surface area contributed by atoms with Gasteiger partial charge in [0.2, 0.25) is 0 Å². The second kappa shape index (κ2) is 5.61.